The van der Waals surface area contributed by atoms with E-state index in [-0.39, 0.29) is 5.79 Å². The first-order valence-corrected chi connectivity index (χ1v) is 11.0. The van der Waals surface area contributed by atoms with Crippen LogP contribution in [0, 0.1) is 0 Å². The van der Waals surface area contributed by atoms with E-state index in [1.807, 2.05) is 6.07 Å². The molecule has 5 rings (SSSR count). The van der Waals surface area contributed by atoms with E-state index in [9.17, 15) is 0 Å². The lowest BCUT2D eigenvalue weighted by Crippen LogP contribution is -2.45. The van der Waals surface area contributed by atoms with Gasteiger partial charge in [-0.25, -0.2) is 4.98 Å². The first kappa shape index (κ1) is 18.8. The van der Waals surface area contributed by atoms with Crippen molar-refractivity contribution in [2.75, 3.05) is 49.2 Å². The molecule has 4 heterocycles. The predicted octanol–water partition coefficient (Wildman–Crippen LogP) is 3.87. The number of anilines is 2. The molecule has 0 atom stereocenters. The van der Waals surface area contributed by atoms with Crippen molar-refractivity contribution in [1.82, 2.24) is 9.97 Å². The Kier molecular flexibility index (Phi) is 5.38. The van der Waals surface area contributed by atoms with Crippen LogP contribution >= 0.6 is 0 Å². The van der Waals surface area contributed by atoms with Gasteiger partial charge in [0.25, 0.3) is 0 Å². The highest BCUT2D eigenvalue weighted by Crippen LogP contribution is 2.34. The molecular formula is C23H30N4O2. The van der Waals surface area contributed by atoms with E-state index in [1.165, 1.54) is 25.7 Å². The number of hydrogen-bond donors (Lipinski definition) is 0. The molecule has 0 aliphatic carbocycles. The van der Waals surface area contributed by atoms with Crippen molar-refractivity contribution in [2.24, 2.45) is 0 Å². The quantitative estimate of drug-likeness (QED) is 0.788. The van der Waals surface area contributed by atoms with E-state index >= 15 is 0 Å². The largest absolute Gasteiger partial charge is 0.356 e. The third kappa shape index (κ3) is 4.09. The summed E-state index contributed by atoms with van der Waals surface area (Å²) in [7, 11) is 0. The van der Waals surface area contributed by atoms with Crippen LogP contribution in [0.15, 0.2) is 36.4 Å². The Morgan fingerprint density at radius 2 is 1.45 bits per heavy atom. The first-order valence-electron chi connectivity index (χ1n) is 11.0. The molecule has 6 nitrogen and oxygen atoms in total. The molecule has 0 N–H and O–H groups in total. The van der Waals surface area contributed by atoms with E-state index < -0.39 is 0 Å². The third-order valence-electron chi connectivity index (χ3n) is 6.32. The molecule has 154 valence electrons. The van der Waals surface area contributed by atoms with Gasteiger partial charge in [0.2, 0.25) is 5.95 Å². The monoisotopic (exact) mass is 394 g/mol. The molecule has 29 heavy (non-hydrogen) atoms. The molecule has 0 radical (unpaired) electrons. The van der Waals surface area contributed by atoms with Gasteiger partial charge in [-0.1, -0.05) is 43.2 Å². The highest BCUT2D eigenvalue weighted by Gasteiger charge is 2.40. The number of aromatic nitrogens is 2. The van der Waals surface area contributed by atoms with E-state index in [0.29, 0.717) is 13.2 Å². The van der Waals surface area contributed by atoms with Crippen molar-refractivity contribution in [3.8, 4) is 11.3 Å². The topological polar surface area (TPSA) is 50.7 Å². The average molecular weight is 395 g/mol. The molecule has 3 aliphatic rings. The summed E-state index contributed by atoms with van der Waals surface area (Å²) in [6.07, 6.45) is 6.83. The van der Waals surface area contributed by atoms with Crippen LogP contribution in [0.3, 0.4) is 0 Å². The van der Waals surface area contributed by atoms with Crippen molar-refractivity contribution in [1.29, 1.82) is 0 Å². The molecule has 1 spiro atoms. The minimum Gasteiger partial charge on any atom is -0.356 e. The summed E-state index contributed by atoms with van der Waals surface area (Å²) in [5.41, 5.74) is 2.15. The summed E-state index contributed by atoms with van der Waals surface area (Å²) in [5, 5.41) is 0. The fraction of sp³-hybridized carbons (Fsp3) is 0.565. The van der Waals surface area contributed by atoms with Crippen LogP contribution in [0.2, 0.25) is 0 Å². The van der Waals surface area contributed by atoms with Crippen LogP contribution in [0.4, 0.5) is 11.8 Å². The predicted molar refractivity (Wildman–Crippen MR) is 114 cm³/mol. The van der Waals surface area contributed by atoms with Crippen LogP contribution < -0.4 is 9.80 Å². The molecule has 6 heteroatoms. The van der Waals surface area contributed by atoms with Crippen LogP contribution in [0.25, 0.3) is 11.3 Å². The summed E-state index contributed by atoms with van der Waals surface area (Å²) in [6.45, 7) is 5.29. The Labute approximate surface area is 172 Å². The van der Waals surface area contributed by atoms with Crippen molar-refractivity contribution in [3.63, 3.8) is 0 Å². The lowest BCUT2D eigenvalue weighted by molar-refractivity contribution is -0.169. The van der Waals surface area contributed by atoms with Gasteiger partial charge in [-0.3, -0.25) is 0 Å². The lowest BCUT2D eigenvalue weighted by Gasteiger charge is -2.38. The summed E-state index contributed by atoms with van der Waals surface area (Å²) >= 11 is 0. The van der Waals surface area contributed by atoms with Gasteiger partial charge in [0, 0.05) is 50.7 Å². The van der Waals surface area contributed by atoms with Crippen LogP contribution in [-0.4, -0.2) is 55.1 Å². The highest BCUT2D eigenvalue weighted by atomic mass is 16.7. The first-order chi connectivity index (χ1) is 14.3. The zero-order valence-corrected chi connectivity index (χ0v) is 17.1. The molecule has 3 fully saturated rings. The summed E-state index contributed by atoms with van der Waals surface area (Å²) < 4.78 is 11.8. The van der Waals surface area contributed by atoms with Crippen molar-refractivity contribution in [3.05, 3.63) is 36.4 Å². The van der Waals surface area contributed by atoms with Crippen LogP contribution in [0.5, 0.6) is 0 Å². The lowest BCUT2D eigenvalue weighted by atomic mass is 10.0. The number of rotatable bonds is 3. The summed E-state index contributed by atoms with van der Waals surface area (Å²) in [6, 6.07) is 12.6. The number of hydrogen-bond acceptors (Lipinski definition) is 6. The van der Waals surface area contributed by atoms with Crippen LogP contribution in [0.1, 0.15) is 38.5 Å². The van der Waals surface area contributed by atoms with Crippen molar-refractivity contribution >= 4 is 11.8 Å². The van der Waals surface area contributed by atoms with E-state index in [0.717, 1.165) is 62.0 Å². The zero-order chi connectivity index (χ0) is 19.5. The van der Waals surface area contributed by atoms with Gasteiger partial charge in [0.05, 0.1) is 18.9 Å². The maximum atomic E-state index is 5.89. The molecule has 0 saturated carbocycles. The van der Waals surface area contributed by atoms with Crippen molar-refractivity contribution < 1.29 is 9.47 Å². The molecule has 1 aromatic carbocycles. The fourth-order valence-corrected chi connectivity index (χ4v) is 4.62. The standard InChI is InChI=1S/C23H30N4O2/c1-2-7-13-26(12-6-1)21-18-20(19-8-4-3-5-9-19)24-22(25-21)27-14-10-23(11-15-27)28-16-17-29-23/h3-5,8-9,18H,1-2,6-7,10-17H2. The second-order valence-corrected chi connectivity index (χ2v) is 8.27. The molecule has 0 bridgehead atoms. The van der Waals surface area contributed by atoms with Crippen molar-refractivity contribution in [2.45, 2.75) is 44.3 Å². The molecule has 3 saturated heterocycles. The van der Waals surface area contributed by atoms with Crippen LogP contribution in [-0.2, 0) is 9.47 Å². The third-order valence-corrected chi connectivity index (χ3v) is 6.32. The fourth-order valence-electron chi connectivity index (χ4n) is 4.62. The number of nitrogens with zero attached hydrogens (tertiary/aromatic N) is 4. The Morgan fingerprint density at radius 1 is 0.759 bits per heavy atom. The maximum Gasteiger partial charge on any atom is 0.227 e. The number of piperidine rings is 1. The molecule has 3 aliphatic heterocycles. The number of ether oxygens (including phenoxy) is 2. The number of benzene rings is 1. The van der Waals surface area contributed by atoms with Gasteiger partial charge >= 0.3 is 0 Å². The smallest absolute Gasteiger partial charge is 0.227 e. The van der Waals surface area contributed by atoms with E-state index in [4.69, 9.17) is 19.4 Å². The second-order valence-electron chi connectivity index (χ2n) is 8.27. The zero-order valence-electron chi connectivity index (χ0n) is 17.1. The Hall–Kier alpha value is -2.18. The summed E-state index contributed by atoms with van der Waals surface area (Å²) in [4.78, 5) is 14.7. The SMILES string of the molecule is c1ccc(-c2cc(N3CCCCCC3)nc(N3CCC4(CC3)OCCO4)n2)cc1. The van der Waals surface area contributed by atoms with E-state index in [1.54, 1.807) is 0 Å². The minimum atomic E-state index is -0.374. The van der Waals surface area contributed by atoms with Gasteiger partial charge in [0.1, 0.15) is 5.82 Å². The summed E-state index contributed by atoms with van der Waals surface area (Å²) in [5.74, 6) is 1.52. The van der Waals surface area contributed by atoms with Gasteiger partial charge in [-0.15, -0.1) is 0 Å². The Balaban J connectivity index is 1.45. The second kappa shape index (κ2) is 8.28. The maximum absolute atomic E-state index is 5.89. The molecule has 2 aromatic rings. The van der Waals surface area contributed by atoms with Gasteiger partial charge < -0.3 is 19.3 Å². The molecule has 0 unspecified atom stereocenters. The Morgan fingerprint density at radius 3 is 2.14 bits per heavy atom. The van der Waals surface area contributed by atoms with Gasteiger partial charge in [0.15, 0.2) is 5.79 Å². The normalized spacial score (nSPS) is 22.1. The average Bonchev–Trinajstić information content (AvgIpc) is 3.06. The molecule has 1 aromatic heterocycles. The van der Waals surface area contributed by atoms with Gasteiger partial charge in [-0.05, 0) is 12.8 Å². The molecule has 0 amide bonds. The van der Waals surface area contributed by atoms with E-state index in [2.05, 4.69) is 40.1 Å². The van der Waals surface area contributed by atoms with Gasteiger partial charge in [-0.2, -0.15) is 4.98 Å². The molecular weight excluding hydrogens is 364 g/mol. The Bertz CT molecular complexity index is 805. The highest BCUT2D eigenvalue weighted by molar-refractivity contribution is 5.65. The minimum absolute atomic E-state index is 0.374.